The Hall–Kier alpha value is -2.25. The SMILES string of the molecule is CCOC(=O)C1CCN([C@H](c2ccc(SC)cc2)c2c(O)cc(C)n(CC)c2=O)CC1. The van der Waals surface area contributed by atoms with Crippen LogP contribution in [0.25, 0.3) is 0 Å². The van der Waals surface area contributed by atoms with Crippen LogP contribution in [0.5, 0.6) is 5.75 Å². The third-order valence-corrected chi connectivity index (χ3v) is 6.80. The molecule has 1 N–H and O–H groups in total. The van der Waals surface area contributed by atoms with Gasteiger partial charge in [-0.3, -0.25) is 14.5 Å². The Morgan fingerprint density at radius 1 is 1.23 bits per heavy atom. The molecule has 2 aromatic rings. The highest BCUT2D eigenvalue weighted by molar-refractivity contribution is 7.98. The maximum Gasteiger partial charge on any atom is 0.309 e. The number of carbonyl (C=O) groups excluding carboxylic acids is 1. The number of rotatable bonds is 7. The number of hydrogen-bond donors (Lipinski definition) is 1. The molecular weight excluding hydrogens is 412 g/mol. The molecule has 0 spiro atoms. The molecule has 168 valence electrons. The number of piperidine rings is 1. The van der Waals surface area contributed by atoms with Gasteiger partial charge in [-0.1, -0.05) is 12.1 Å². The third-order valence-electron chi connectivity index (χ3n) is 6.06. The van der Waals surface area contributed by atoms with Crippen LogP contribution in [0.3, 0.4) is 0 Å². The molecule has 2 heterocycles. The van der Waals surface area contributed by atoms with Crippen LogP contribution in [0, 0.1) is 12.8 Å². The summed E-state index contributed by atoms with van der Waals surface area (Å²) >= 11 is 1.66. The zero-order chi connectivity index (χ0) is 22.5. The van der Waals surface area contributed by atoms with Gasteiger partial charge in [0.25, 0.3) is 5.56 Å². The zero-order valence-corrected chi connectivity index (χ0v) is 19.6. The topological polar surface area (TPSA) is 71.8 Å². The molecule has 31 heavy (non-hydrogen) atoms. The Morgan fingerprint density at radius 3 is 2.42 bits per heavy atom. The number of ether oxygens (including phenoxy) is 1. The first-order valence-corrected chi connectivity index (χ1v) is 12.1. The van der Waals surface area contributed by atoms with Crippen molar-refractivity contribution in [2.24, 2.45) is 5.92 Å². The second kappa shape index (κ2) is 10.4. The van der Waals surface area contributed by atoms with E-state index in [1.807, 2.05) is 51.3 Å². The van der Waals surface area contributed by atoms with E-state index in [0.717, 1.165) is 16.2 Å². The number of aromatic hydroxyl groups is 1. The molecule has 6 nitrogen and oxygen atoms in total. The summed E-state index contributed by atoms with van der Waals surface area (Å²) in [6, 6.07) is 9.45. The molecule has 0 aliphatic carbocycles. The van der Waals surface area contributed by atoms with E-state index in [1.165, 1.54) is 0 Å². The van der Waals surface area contributed by atoms with Gasteiger partial charge in [-0.15, -0.1) is 11.8 Å². The van der Waals surface area contributed by atoms with Gasteiger partial charge >= 0.3 is 5.97 Å². The minimum Gasteiger partial charge on any atom is -0.507 e. The van der Waals surface area contributed by atoms with Crippen molar-refractivity contribution in [1.29, 1.82) is 0 Å². The fourth-order valence-corrected chi connectivity index (χ4v) is 4.83. The third kappa shape index (κ3) is 4.99. The molecule has 1 saturated heterocycles. The van der Waals surface area contributed by atoms with E-state index < -0.39 is 0 Å². The lowest BCUT2D eigenvalue weighted by Crippen LogP contribution is -2.42. The molecule has 1 fully saturated rings. The number of hydrogen-bond acceptors (Lipinski definition) is 6. The highest BCUT2D eigenvalue weighted by Crippen LogP contribution is 2.36. The molecule has 0 radical (unpaired) electrons. The number of nitrogens with zero attached hydrogens (tertiary/aromatic N) is 2. The first-order chi connectivity index (χ1) is 14.9. The number of pyridine rings is 1. The Bertz CT molecular complexity index is 963. The van der Waals surface area contributed by atoms with E-state index in [2.05, 4.69) is 4.90 Å². The second-order valence-corrected chi connectivity index (χ2v) is 8.75. The van der Waals surface area contributed by atoms with Crippen molar-refractivity contribution in [2.45, 2.75) is 51.1 Å². The first kappa shape index (κ1) is 23.4. The summed E-state index contributed by atoms with van der Waals surface area (Å²) in [6.45, 7) is 7.82. The highest BCUT2D eigenvalue weighted by atomic mass is 32.2. The first-order valence-electron chi connectivity index (χ1n) is 10.9. The fourth-order valence-electron chi connectivity index (χ4n) is 4.42. The number of esters is 1. The summed E-state index contributed by atoms with van der Waals surface area (Å²) in [4.78, 5) is 28.9. The van der Waals surface area contributed by atoms with Crippen LogP contribution in [0.1, 0.15) is 49.6 Å². The normalized spacial score (nSPS) is 16.3. The lowest BCUT2D eigenvalue weighted by atomic mass is 9.91. The van der Waals surface area contributed by atoms with Gasteiger partial charge in [-0.05, 0) is 76.7 Å². The predicted octanol–water partition coefficient (Wildman–Crippen LogP) is 3.97. The van der Waals surface area contributed by atoms with Crippen LogP contribution in [0.4, 0.5) is 0 Å². The summed E-state index contributed by atoms with van der Waals surface area (Å²) < 4.78 is 6.90. The van der Waals surface area contributed by atoms with E-state index in [4.69, 9.17) is 4.74 Å². The van der Waals surface area contributed by atoms with Crippen LogP contribution >= 0.6 is 11.8 Å². The van der Waals surface area contributed by atoms with Crippen LogP contribution in [0.15, 0.2) is 40.0 Å². The highest BCUT2D eigenvalue weighted by Gasteiger charge is 2.34. The van der Waals surface area contributed by atoms with Crippen molar-refractivity contribution < 1.29 is 14.6 Å². The van der Waals surface area contributed by atoms with Crippen LogP contribution in [0.2, 0.25) is 0 Å². The minimum absolute atomic E-state index is 0.0265. The van der Waals surface area contributed by atoms with Crippen molar-refractivity contribution in [1.82, 2.24) is 9.47 Å². The van der Waals surface area contributed by atoms with E-state index in [1.54, 1.807) is 22.4 Å². The predicted molar refractivity (Wildman–Crippen MR) is 124 cm³/mol. The van der Waals surface area contributed by atoms with E-state index in [0.29, 0.717) is 44.6 Å². The monoisotopic (exact) mass is 444 g/mol. The number of aromatic nitrogens is 1. The molecule has 1 aromatic heterocycles. The molecule has 1 aromatic carbocycles. The number of likely N-dealkylation sites (tertiary alicyclic amines) is 1. The molecule has 0 saturated carbocycles. The molecular formula is C24H32N2O4S. The quantitative estimate of drug-likeness (QED) is 0.515. The lowest BCUT2D eigenvalue weighted by Gasteiger charge is -2.37. The van der Waals surface area contributed by atoms with E-state index >= 15 is 0 Å². The summed E-state index contributed by atoms with van der Waals surface area (Å²) in [5, 5.41) is 10.8. The van der Waals surface area contributed by atoms with Gasteiger partial charge in [0.05, 0.1) is 24.1 Å². The van der Waals surface area contributed by atoms with Gasteiger partial charge in [-0.25, -0.2) is 0 Å². The molecule has 7 heteroatoms. The van der Waals surface area contributed by atoms with Gasteiger partial charge < -0.3 is 14.4 Å². The second-order valence-electron chi connectivity index (χ2n) is 7.87. The standard InChI is InChI=1S/C24H32N2O4S/c1-5-26-16(3)15-20(27)21(23(26)28)22(17-7-9-19(31-4)10-8-17)25-13-11-18(12-14-25)24(29)30-6-2/h7-10,15,18,22,27H,5-6,11-14H2,1-4H3/t22-/m1/s1. The fraction of sp³-hybridized carbons (Fsp3) is 0.500. The van der Waals surface area contributed by atoms with Crippen molar-refractivity contribution in [2.75, 3.05) is 26.0 Å². The number of aryl methyl sites for hydroxylation is 1. The summed E-state index contributed by atoms with van der Waals surface area (Å²) in [5.41, 5.74) is 1.95. The van der Waals surface area contributed by atoms with Crippen LogP contribution in [-0.2, 0) is 16.1 Å². The molecule has 1 aliphatic heterocycles. The largest absolute Gasteiger partial charge is 0.507 e. The molecule has 0 bridgehead atoms. The summed E-state index contributed by atoms with van der Waals surface area (Å²) in [5.74, 6) is -0.233. The van der Waals surface area contributed by atoms with Gasteiger partial charge in [-0.2, -0.15) is 0 Å². The number of thioether (sulfide) groups is 1. The lowest BCUT2D eigenvalue weighted by molar-refractivity contribution is -0.149. The Morgan fingerprint density at radius 2 is 1.87 bits per heavy atom. The summed E-state index contributed by atoms with van der Waals surface area (Å²) in [6.07, 6.45) is 3.37. The average molecular weight is 445 g/mol. The molecule has 0 amide bonds. The van der Waals surface area contributed by atoms with Crippen molar-refractivity contribution in [3.8, 4) is 5.75 Å². The zero-order valence-electron chi connectivity index (χ0n) is 18.8. The number of carbonyl (C=O) groups is 1. The molecule has 1 aliphatic rings. The van der Waals surface area contributed by atoms with Crippen molar-refractivity contribution >= 4 is 17.7 Å². The molecule has 0 unspecified atom stereocenters. The summed E-state index contributed by atoms with van der Waals surface area (Å²) in [7, 11) is 0. The Balaban J connectivity index is 2.02. The van der Waals surface area contributed by atoms with Gasteiger partial charge in [0.1, 0.15) is 5.75 Å². The van der Waals surface area contributed by atoms with Crippen molar-refractivity contribution in [3.63, 3.8) is 0 Å². The Labute approximate surface area is 188 Å². The van der Waals surface area contributed by atoms with Gasteiger partial charge in [0, 0.05) is 17.1 Å². The van der Waals surface area contributed by atoms with Crippen molar-refractivity contribution in [3.05, 3.63) is 57.5 Å². The smallest absolute Gasteiger partial charge is 0.309 e. The minimum atomic E-state index is -0.370. The van der Waals surface area contributed by atoms with E-state index in [9.17, 15) is 14.7 Å². The molecule has 1 atom stereocenters. The Kier molecular flexibility index (Phi) is 7.84. The van der Waals surface area contributed by atoms with Crippen LogP contribution < -0.4 is 5.56 Å². The van der Waals surface area contributed by atoms with E-state index in [-0.39, 0.29) is 29.2 Å². The number of benzene rings is 1. The molecule has 3 rings (SSSR count). The average Bonchev–Trinajstić information content (AvgIpc) is 2.77. The maximum absolute atomic E-state index is 13.4. The van der Waals surface area contributed by atoms with Crippen LogP contribution in [-0.4, -0.2) is 46.5 Å². The maximum atomic E-state index is 13.4. The van der Waals surface area contributed by atoms with Gasteiger partial charge in [0.2, 0.25) is 0 Å². The van der Waals surface area contributed by atoms with Gasteiger partial charge in [0.15, 0.2) is 0 Å².